The summed E-state index contributed by atoms with van der Waals surface area (Å²) in [6, 6.07) is 13.0. The van der Waals surface area contributed by atoms with Crippen molar-refractivity contribution in [2.24, 2.45) is 0 Å². The lowest BCUT2D eigenvalue weighted by Crippen LogP contribution is -3.00. The van der Waals surface area contributed by atoms with Crippen LogP contribution in [0.1, 0.15) is 45.4 Å². The summed E-state index contributed by atoms with van der Waals surface area (Å²) in [6.45, 7) is 3.42. The van der Waals surface area contributed by atoms with Gasteiger partial charge in [0, 0.05) is 23.9 Å². The molecule has 0 saturated heterocycles. The first kappa shape index (κ1) is 16.0. The van der Waals surface area contributed by atoms with Crippen molar-refractivity contribution < 1.29 is 17.0 Å². The van der Waals surface area contributed by atoms with Crippen molar-refractivity contribution in [3.05, 3.63) is 42.6 Å². The third-order valence-corrected chi connectivity index (χ3v) is 3.54. The van der Waals surface area contributed by atoms with Gasteiger partial charge >= 0.3 is 0 Å². The quantitative estimate of drug-likeness (QED) is 0.533. The van der Waals surface area contributed by atoms with Crippen LogP contribution >= 0.6 is 0 Å². The number of pyridine rings is 1. The monoisotopic (exact) mass is 277 g/mol. The normalized spacial score (nSPS) is 10.4. The zero-order chi connectivity index (χ0) is 12.6. The van der Waals surface area contributed by atoms with Crippen LogP contribution in [0.15, 0.2) is 42.6 Å². The molecule has 0 aliphatic heterocycles. The summed E-state index contributed by atoms with van der Waals surface area (Å²) in [7, 11) is 0. The van der Waals surface area contributed by atoms with Gasteiger partial charge < -0.3 is 12.4 Å². The fourth-order valence-electron chi connectivity index (χ4n) is 2.48. The van der Waals surface area contributed by atoms with Crippen LogP contribution in [0, 0.1) is 0 Å². The Morgan fingerprint density at radius 1 is 0.842 bits per heavy atom. The summed E-state index contributed by atoms with van der Waals surface area (Å²) in [5.41, 5.74) is 1.36. The lowest BCUT2D eigenvalue weighted by molar-refractivity contribution is -0.671. The Morgan fingerprint density at radius 2 is 1.53 bits per heavy atom. The highest BCUT2D eigenvalue weighted by atomic mass is 35.5. The molecule has 1 nitrogen and oxygen atoms in total. The number of aromatic nitrogens is 1. The van der Waals surface area contributed by atoms with Gasteiger partial charge in [0.05, 0.1) is 0 Å². The summed E-state index contributed by atoms with van der Waals surface area (Å²) >= 11 is 0. The zero-order valence-electron chi connectivity index (χ0n) is 11.8. The molecule has 0 aliphatic rings. The van der Waals surface area contributed by atoms with Crippen LogP contribution < -0.4 is 17.0 Å². The lowest BCUT2D eigenvalue weighted by Gasteiger charge is -2.01. The molecule has 104 valence electrons. The van der Waals surface area contributed by atoms with Crippen LogP contribution in [0.4, 0.5) is 0 Å². The van der Waals surface area contributed by atoms with Gasteiger partial charge in [-0.05, 0) is 18.6 Å². The first-order valence-electron chi connectivity index (χ1n) is 7.29. The number of aryl methyl sites for hydroxylation is 1. The molecular formula is C17H24ClN. The maximum Gasteiger partial charge on any atom is 0.212 e. The number of benzene rings is 1. The van der Waals surface area contributed by atoms with Crippen molar-refractivity contribution in [2.45, 2.75) is 52.0 Å². The van der Waals surface area contributed by atoms with E-state index < -0.39 is 0 Å². The molecule has 1 aromatic carbocycles. The summed E-state index contributed by atoms with van der Waals surface area (Å²) in [6.07, 6.45) is 10.4. The van der Waals surface area contributed by atoms with Crippen LogP contribution in [0.25, 0.3) is 10.9 Å². The van der Waals surface area contributed by atoms with Gasteiger partial charge in [-0.15, -0.1) is 0 Å². The molecule has 1 heterocycles. The standard InChI is InChI=1S/C17H24N.ClH/c1-2-3-4-5-6-9-14-18-15-10-12-16-11-7-8-13-17(16)18;/h7-8,10-13,15H,2-6,9,14H2,1H3;1H/q+1;/p-1. The number of unbranched alkanes of at least 4 members (excludes halogenated alkanes) is 5. The molecule has 0 radical (unpaired) electrons. The van der Waals surface area contributed by atoms with E-state index in [1.54, 1.807) is 0 Å². The van der Waals surface area contributed by atoms with Crippen LogP contribution in [-0.2, 0) is 6.54 Å². The zero-order valence-corrected chi connectivity index (χ0v) is 12.6. The topological polar surface area (TPSA) is 3.88 Å². The molecule has 0 atom stereocenters. The van der Waals surface area contributed by atoms with Crippen molar-refractivity contribution in [3.63, 3.8) is 0 Å². The third kappa shape index (κ3) is 4.83. The van der Waals surface area contributed by atoms with Crippen molar-refractivity contribution in [2.75, 3.05) is 0 Å². The molecule has 0 spiro atoms. The Labute approximate surface area is 123 Å². The molecule has 0 unspecified atom stereocenters. The van der Waals surface area contributed by atoms with Crippen LogP contribution in [0.3, 0.4) is 0 Å². The average molecular weight is 278 g/mol. The minimum absolute atomic E-state index is 0. The second-order valence-electron chi connectivity index (χ2n) is 5.03. The minimum atomic E-state index is 0. The van der Waals surface area contributed by atoms with Crippen molar-refractivity contribution >= 4 is 10.9 Å². The van der Waals surface area contributed by atoms with Gasteiger partial charge in [0.2, 0.25) is 5.52 Å². The summed E-state index contributed by atoms with van der Waals surface area (Å²) < 4.78 is 2.38. The summed E-state index contributed by atoms with van der Waals surface area (Å²) in [5.74, 6) is 0. The van der Waals surface area contributed by atoms with Gasteiger partial charge in [-0.3, -0.25) is 0 Å². The maximum absolute atomic E-state index is 2.38. The first-order chi connectivity index (χ1) is 8.92. The molecule has 0 N–H and O–H groups in total. The van der Waals surface area contributed by atoms with Gasteiger partial charge in [-0.2, -0.15) is 4.57 Å². The SMILES string of the molecule is CCCCCCCC[n+]1cccc2ccccc21.[Cl-]. The number of para-hydroxylation sites is 1. The average Bonchev–Trinajstić information content (AvgIpc) is 2.43. The van der Waals surface area contributed by atoms with E-state index >= 15 is 0 Å². The van der Waals surface area contributed by atoms with Gasteiger partial charge in [0.15, 0.2) is 6.20 Å². The summed E-state index contributed by atoms with van der Waals surface area (Å²) in [5, 5.41) is 1.34. The number of halogens is 1. The van der Waals surface area contributed by atoms with E-state index in [4.69, 9.17) is 0 Å². The maximum atomic E-state index is 2.38. The highest BCUT2D eigenvalue weighted by Crippen LogP contribution is 2.09. The molecule has 0 bridgehead atoms. The highest BCUT2D eigenvalue weighted by molar-refractivity contribution is 5.74. The molecule has 0 saturated carbocycles. The molecule has 1 aromatic heterocycles. The molecule has 2 rings (SSSR count). The first-order valence-corrected chi connectivity index (χ1v) is 7.29. The smallest absolute Gasteiger partial charge is 0.212 e. The van der Waals surface area contributed by atoms with Crippen LogP contribution in [-0.4, -0.2) is 0 Å². The van der Waals surface area contributed by atoms with Gasteiger partial charge in [-0.25, -0.2) is 0 Å². The number of hydrogen-bond acceptors (Lipinski definition) is 0. The second kappa shape index (κ2) is 8.92. The third-order valence-electron chi connectivity index (χ3n) is 3.54. The van der Waals surface area contributed by atoms with E-state index in [-0.39, 0.29) is 12.4 Å². The Bertz CT molecular complexity index is 476. The number of fused-ring (bicyclic) bond motifs is 1. The van der Waals surface area contributed by atoms with E-state index in [0.717, 1.165) is 6.54 Å². The fraction of sp³-hybridized carbons (Fsp3) is 0.471. The van der Waals surface area contributed by atoms with Crippen LogP contribution in [0.2, 0.25) is 0 Å². The molecule has 0 amide bonds. The molecule has 2 heteroatoms. The predicted molar refractivity (Wildman–Crippen MR) is 77.5 cm³/mol. The molecule has 2 aromatic rings. The van der Waals surface area contributed by atoms with Gasteiger partial charge in [0.25, 0.3) is 0 Å². The number of rotatable bonds is 7. The number of hydrogen-bond donors (Lipinski definition) is 0. The predicted octanol–water partition coefficient (Wildman–Crippen LogP) is 1.49. The molecular weight excluding hydrogens is 254 g/mol. The Morgan fingerprint density at radius 3 is 2.37 bits per heavy atom. The van der Waals surface area contributed by atoms with Crippen molar-refractivity contribution in [3.8, 4) is 0 Å². The molecule has 19 heavy (non-hydrogen) atoms. The Hall–Kier alpha value is -1.08. The molecule has 0 aliphatic carbocycles. The molecule has 0 fully saturated rings. The van der Waals surface area contributed by atoms with Gasteiger partial charge in [-0.1, -0.05) is 44.7 Å². The van der Waals surface area contributed by atoms with Crippen molar-refractivity contribution in [1.82, 2.24) is 0 Å². The Balaban J connectivity index is 0.00000180. The highest BCUT2D eigenvalue weighted by Gasteiger charge is 2.06. The van der Waals surface area contributed by atoms with Crippen LogP contribution in [0.5, 0.6) is 0 Å². The largest absolute Gasteiger partial charge is 1.00 e. The summed E-state index contributed by atoms with van der Waals surface area (Å²) in [4.78, 5) is 0. The van der Waals surface area contributed by atoms with E-state index in [0.29, 0.717) is 0 Å². The second-order valence-corrected chi connectivity index (χ2v) is 5.03. The fourth-order valence-corrected chi connectivity index (χ4v) is 2.48. The van der Waals surface area contributed by atoms with E-state index in [2.05, 4.69) is 54.1 Å². The lowest BCUT2D eigenvalue weighted by atomic mass is 10.1. The van der Waals surface area contributed by atoms with Gasteiger partial charge in [0.1, 0.15) is 6.54 Å². The minimum Gasteiger partial charge on any atom is -1.00 e. The van der Waals surface area contributed by atoms with E-state index in [1.807, 2.05) is 0 Å². The van der Waals surface area contributed by atoms with E-state index in [9.17, 15) is 0 Å². The van der Waals surface area contributed by atoms with Crippen molar-refractivity contribution in [1.29, 1.82) is 0 Å². The Kier molecular flexibility index (Phi) is 7.50. The number of nitrogens with zero attached hydrogens (tertiary/aromatic N) is 1. The van der Waals surface area contributed by atoms with E-state index in [1.165, 1.54) is 49.4 Å².